The van der Waals surface area contributed by atoms with Gasteiger partial charge in [-0.1, -0.05) is 104 Å². The Labute approximate surface area is 262 Å². The quantitative estimate of drug-likeness (QED) is 0.265. The van der Waals surface area contributed by atoms with E-state index in [1.165, 1.54) is 5.70 Å². The zero-order valence-corrected chi connectivity index (χ0v) is 26.9. The molecule has 0 unspecified atom stereocenters. The number of carbonyl (C=O) groups is 1. The normalized spacial score (nSPS) is 16.3. The van der Waals surface area contributed by atoms with Gasteiger partial charge in [0.2, 0.25) is 5.91 Å². The van der Waals surface area contributed by atoms with Crippen molar-refractivity contribution in [3.63, 3.8) is 0 Å². The van der Waals surface area contributed by atoms with Crippen LogP contribution in [-0.4, -0.2) is 74.0 Å². The summed E-state index contributed by atoms with van der Waals surface area (Å²) in [5.41, 5.74) is 3.71. The number of benzene rings is 3. The van der Waals surface area contributed by atoms with Gasteiger partial charge in [0.15, 0.2) is 0 Å². The predicted octanol–water partition coefficient (Wildman–Crippen LogP) is 7.54. The van der Waals surface area contributed by atoms with Crippen molar-refractivity contribution >= 4 is 34.8 Å². The Balaban J connectivity index is 0.00000198. The van der Waals surface area contributed by atoms with Gasteiger partial charge in [-0.15, -0.1) is 0 Å². The number of anilines is 1. The molecule has 0 atom stereocenters. The Morgan fingerprint density at radius 1 is 0.833 bits per heavy atom. The highest BCUT2D eigenvalue weighted by Gasteiger charge is 2.43. The van der Waals surface area contributed by atoms with Gasteiger partial charge in [0, 0.05) is 65.3 Å². The van der Waals surface area contributed by atoms with Crippen LogP contribution in [-0.2, 0) is 10.2 Å². The Kier molecular flexibility index (Phi) is 11.2. The van der Waals surface area contributed by atoms with E-state index in [9.17, 15) is 4.79 Å². The summed E-state index contributed by atoms with van der Waals surface area (Å²) in [5.74, 6) is 0.116. The van der Waals surface area contributed by atoms with Crippen molar-refractivity contribution in [1.29, 1.82) is 0 Å². The molecule has 3 aromatic rings. The lowest BCUT2D eigenvalue weighted by molar-refractivity contribution is -0.133. The lowest BCUT2D eigenvalue weighted by Gasteiger charge is -2.38. The maximum Gasteiger partial charge on any atom is 0.237 e. The number of hydrogen-bond acceptors (Lipinski definition) is 4. The van der Waals surface area contributed by atoms with Crippen LogP contribution in [0.25, 0.3) is 0 Å². The molecule has 7 heteroatoms. The third kappa shape index (κ3) is 6.90. The maximum atomic E-state index is 14.0. The average Bonchev–Trinajstić information content (AvgIpc) is 3.48. The molecule has 0 saturated carbocycles. The summed E-state index contributed by atoms with van der Waals surface area (Å²) < 4.78 is 0. The van der Waals surface area contributed by atoms with E-state index in [4.69, 9.17) is 23.2 Å². The summed E-state index contributed by atoms with van der Waals surface area (Å²) >= 11 is 12.7. The van der Waals surface area contributed by atoms with E-state index in [2.05, 4.69) is 45.2 Å². The van der Waals surface area contributed by atoms with Crippen LogP contribution < -0.4 is 4.90 Å². The van der Waals surface area contributed by atoms with E-state index < -0.39 is 5.41 Å². The predicted molar refractivity (Wildman–Crippen MR) is 177 cm³/mol. The van der Waals surface area contributed by atoms with E-state index >= 15 is 0 Å². The Morgan fingerprint density at radius 2 is 1.43 bits per heavy atom. The molecule has 5 rings (SSSR count). The Hall–Kier alpha value is -3.15. The molecule has 0 aliphatic carbocycles. The Morgan fingerprint density at radius 3 is 2.00 bits per heavy atom. The number of nitrogens with zero attached hydrogens (tertiary/aromatic N) is 4. The van der Waals surface area contributed by atoms with Crippen molar-refractivity contribution in [3.8, 4) is 0 Å². The lowest BCUT2D eigenvalue weighted by atomic mass is 9.70. The highest BCUT2D eigenvalue weighted by Crippen LogP contribution is 2.39. The summed E-state index contributed by atoms with van der Waals surface area (Å²) in [5, 5.41) is 1.23. The third-order valence-corrected chi connectivity index (χ3v) is 9.05. The first-order valence-corrected chi connectivity index (χ1v) is 15.9. The largest absolute Gasteiger partial charge is 0.374 e. The smallest absolute Gasteiger partial charge is 0.237 e. The second kappa shape index (κ2) is 14.8. The van der Waals surface area contributed by atoms with Crippen LogP contribution in [0.2, 0.25) is 10.0 Å². The molecule has 0 bridgehead atoms. The molecule has 2 heterocycles. The molecule has 2 saturated heterocycles. The molecule has 0 spiro atoms. The zero-order valence-electron chi connectivity index (χ0n) is 25.4. The lowest BCUT2D eigenvalue weighted by Crippen LogP contribution is -2.47. The highest BCUT2D eigenvalue weighted by molar-refractivity contribution is 6.43. The molecule has 3 aromatic carbocycles. The molecule has 224 valence electrons. The van der Waals surface area contributed by atoms with Crippen LogP contribution >= 0.6 is 23.2 Å². The number of hydrogen-bond donors (Lipinski definition) is 0. The van der Waals surface area contributed by atoms with Crippen LogP contribution in [0, 0.1) is 0 Å². The van der Waals surface area contributed by atoms with Crippen LogP contribution in [0.4, 0.5) is 5.69 Å². The summed E-state index contributed by atoms with van der Waals surface area (Å²) in [6, 6.07) is 26.4. The first-order chi connectivity index (χ1) is 20.4. The van der Waals surface area contributed by atoms with Crippen molar-refractivity contribution in [3.05, 3.63) is 112 Å². The fourth-order valence-electron chi connectivity index (χ4n) is 6.13. The number of carbonyl (C=O) groups excluding carboxylic acids is 1. The zero-order chi connectivity index (χ0) is 30.1. The highest BCUT2D eigenvalue weighted by atomic mass is 35.5. The maximum absolute atomic E-state index is 14.0. The van der Waals surface area contributed by atoms with Crippen LogP contribution in [0.5, 0.6) is 0 Å². The van der Waals surface area contributed by atoms with Crippen molar-refractivity contribution < 1.29 is 4.79 Å². The second-order valence-electron chi connectivity index (χ2n) is 10.9. The number of halogens is 2. The molecule has 42 heavy (non-hydrogen) atoms. The molecule has 5 nitrogen and oxygen atoms in total. The van der Waals surface area contributed by atoms with Crippen LogP contribution in [0.1, 0.15) is 44.2 Å². The van der Waals surface area contributed by atoms with Gasteiger partial charge in [0.25, 0.3) is 0 Å². The van der Waals surface area contributed by atoms with Gasteiger partial charge in [0.1, 0.15) is 5.41 Å². The first-order valence-electron chi connectivity index (χ1n) is 15.1. The van der Waals surface area contributed by atoms with Crippen molar-refractivity contribution in [2.45, 2.75) is 38.5 Å². The fourth-order valence-corrected chi connectivity index (χ4v) is 6.55. The van der Waals surface area contributed by atoms with Crippen molar-refractivity contribution in [1.82, 2.24) is 14.7 Å². The minimum Gasteiger partial charge on any atom is -0.374 e. The summed E-state index contributed by atoms with van der Waals surface area (Å²) in [7, 11) is 3.72. The summed E-state index contributed by atoms with van der Waals surface area (Å²) in [4.78, 5) is 23.0. The van der Waals surface area contributed by atoms with E-state index in [-0.39, 0.29) is 5.91 Å². The monoisotopic (exact) mass is 606 g/mol. The van der Waals surface area contributed by atoms with Gasteiger partial charge in [-0.25, -0.2) is 0 Å². The topological polar surface area (TPSA) is 30.0 Å². The van der Waals surface area contributed by atoms with E-state index in [0.29, 0.717) is 16.5 Å². The standard InChI is InChI=1S/C33H38Cl2N4O.C2H6/c1-36(2)32(40)33(26-11-5-3-6-12-26,27-13-7-4-8-14-27)18-20-38-19-10-15-28(38)25-37-21-23-39(24-22-37)30-17-9-16-29(34)31(30)35;1-2/h3-9,11-14,16-17,25H,10,15,18-24H2,1-2H3;1-2H3/b28-25+;. The molecule has 0 aromatic heterocycles. The molecular formula is C35H44Cl2N4O. The molecular weight excluding hydrogens is 563 g/mol. The van der Waals surface area contributed by atoms with E-state index in [1.807, 2.05) is 82.5 Å². The molecule has 0 radical (unpaired) electrons. The number of rotatable bonds is 8. The molecule has 2 aliphatic heterocycles. The minimum atomic E-state index is -0.748. The number of amides is 1. The SMILES string of the molecule is CC.CN(C)C(=O)C(CCN1CCC/C1=C\N1CCN(c2cccc(Cl)c2Cl)CC1)(c1ccccc1)c1ccccc1. The van der Waals surface area contributed by atoms with Gasteiger partial charge in [-0.3, -0.25) is 4.79 Å². The second-order valence-corrected chi connectivity index (χ2v) is 11.7. The number of piperazine rings is 1. The number of allylic oxidation sites excluding steroid dienone is 1. The van der Waals surface area contributed by atoms with Gasteiger partial charge in [0.05, 0.1) is 15.7 Å². The minimum absolute atomic E-state index is 0.116. The fraction of sp³-hybridized carbons (Fsp3) is 0.400. The average molecular weight is 608 g/mol. The van der Waals surface area contributed by atoms with Gasteiger partial charge >= 0.3 is 0 Å². The van der Waals surface area contributed by atoms with Crippen LogP contribution in [0.3, 0.4) is 0 Å². The molecule has 2 fully saturated rings. The molecule has 0 N–H and O–H groups in total. The van der Waals surface area contributed by atoms with E-state index in [0.717, 1.165) is 68.9 Å². The van der Waals surface area contributed by atoms with Crippen LogP contribution in [0.15, 0.2) is 90.8 Å². The van der Waals surface area contributed by atoms with Gasteiger partial charge in [-0.2, -0.15) is 0 Å². The van der Waals surface area contributed by atoms with Gasteiger partial charge in [-0.05, 0) is 42.5 Å². The van der Waals surface area contributed by atoms with Gasteiger partial charge < -0.3 is 19.6 Å². The van der Waals surface area contributed by atoms with Crippen molar-refractivity contribution in [2.24, 2.45) is 0 Å². The molecule has 1 amide bonds. The summed E-state index contributed by atoms with van der Waals surface area (Å²) in [6.07, 6.45) is 5.25. The third-order valence-electron chi connectivity index (χ3n) is 8.25. The van der Waals surface area contributed by atoms with Crippen molar-refractivity contribution in [2.75, 3.05) is 58.3 Å². The Bertz CT molecular complexity index is 1280. The van der Waals surface area contributed by atoms with E-state index in [1.54, 1.807) is 4.90 Å². The molecule has 2 aliphatic rings. The number of likely N-dealkylation sites (tertiary alicyclic amines) is 1. The summed E-state index contributed by atoms with van der Waals surface area (Å²) in [6.45, 7) is 9.47. The first kappa shape index (κ1) is 31.8. The number of likely N-dealkylation sites (N-methyl/N-ethyl adjacent to an activating group) is 1.